The van der Waals surface area contributed by atoms with Crippen LogP contribution >= 0.6 is 25.3 Å². The lowest BCUT2D eigenvalue weighted by atomic mass is 9.71. The smallest absolute Gasteiger partial charge is 0.0199 e. The van der Waals surface area contributed by atoms with Crippen molar-refractivity contribution in [1.29, 1.82) is 0 Å². The van der Waals surface area contributed by atoms with E-state index in [4.69, 9.17) is 0 Å². The first kappa shape index (κ1) is 15.5. The molecule has 0 aliphatic rings. The van der Waals surface area contributed by atoms with E-state index in [0.717, 1.165) is 16.2 Å². The van der Waals surface area contributed by atoms with E-state index in [9.17, 15) is 0 Å². The Labute approximate surface area is 133 Å². The Kier molecular flexibility index (Phi) is 4.87. The highest BCUT2D eigenvalue weighted by atomic mass is 32.1. The van der Waals surface area contributed by atoms with E-state index in [1.807, 2.05) is 12.1 Å². The molecule has 0 saturated heterocycles. The summed E-state index contributed by atoms with van der Waals surface area (Å²) in [5.74, 6) is 0.598. The molecule has 2 heteroatoms. The normalized spacial score (nSPS) is 11.9. The predicted molar refractivity (Wildman–Crippen MR) is 93.3 cm³/mol. The predicted octanol–water partition coefficient (Wildman–Crippen LogP) is 5.62. The first-order chi connectivity index (χ1) is 9.45. The van der Waals surface area contributed by atoms with Crippen molar-refractivity contribution >= 4 is 25.3 Å². The molecule has 0 saturated carbocycles. The molecular formula is C18H22S2. The molecule has 0 nitrogen and oxygen atoms in total. The minimum absolute atomic E-state index is 0.0646. The maximum atomic E-state index is 4.67. The third-order valence-electron chi connectivity index (χ3n) is 3.81. The van der Waals surface area contributed by atoms with Gasteiger partial charge in [0.25, 0.3) is 0 Å². The van der Waals surface area contributed by atoms with Crippen LogP contribution in [0.2, 0.25) is 0 Å². The van der Waals surface area contributed by atoms with Gasteiger partial charge in [0.15, 0.2) is 0 Å². The molecule has 0 spiro atoms. The van der Waals surface area contributed by atoms with Gasteiger partial charge in [-0.25, -0.2) is 0 Å². The van der Waals surface area contributed by atoms with Gasteiger partial charge >= 0.3 is 0 Å². The molecule has 106 valence electrons. The van der Waals surface area contributed by atoms with Crippen molar-refractivity contribution in [2.45, 2.75) is 42.4 Å². The van der Waals surface area contributed by atoms with Crippen molar-refractivity contribution in [2.24, 2.45) is 5.92 Å². The van der Waals surface area contributed by atoms with Crippen LogP contribution < -0.4 is 0 Å². The van der Waals surface area contributed by atoms with Gasteiger partial charge in [0.1, 0.15) is 0 Å². The molecule has 0 aromatic heterocycles. The van der Waals surface area contributed by atoms with E-state index in [0.29, 0.717) is 5.92 Å². The largest absolute Gasteiger partial charge is 0.143 e. The molecule has 0 atom stereocenters. The van der Waals surface area contributed by atoms with Gasteiger partial charge in [-0.2, -0.15) is 0 Å². The zero-order valence-corrected chi connectivity index (χ0v) is 14.1. The van der Waals surface area contributed by atoms with Gasteiger partial charge in [-0.1, -0.05) is 57.2 Å². The lowest BCUT2D eigenvalue weighted by molar-refractivity contribution is 0.417. The van der Waals surface area contributed by atoms with Crippen LogP contribution in [-0.2, 0) is 5.41 Å². The minimum Gasteiger partial charge on any atom is -0.143 e. The Morgan fingerprint density at radius 1 is 0.850 bits per heavy atom. The highest BCUT2D eigenvalue weighted by Crippen LogP contribution is 2.42. The average molecular weight is 303 g/mol. The molecule has 0 radical (unpaired) electrons. The van der Waals surface area contributed by atoms with Crippen LogP contribution in [0.1, 0.15) is 38.3 Å². The monoisotopic (exact) mass is 302 g/mol. The molecule has 2 aromatic carbocycles. The van der Waals surface area contributed by atoms with Crippen LogP contribution in [-0.4, -0.2) is 0 Å². The summed E-state index contributed by atoms with van der Waals surface area (Å²) in [4.78, 5) is 2.10. The summed E-state index contributed by atoms with van der Waals surface area (Å²) in [6, 6.07) is 16.8. The summed E-state index contributed by atoms with van der Waals surface area (Å²) in [6.45, 7) is 6.83. The molecule has 0 fully saturated rings. The average Bonchev–Trinajstić information content (AvgIpc) is 2.38. The maximum Gasteiger partial charge on any atom is 0.0199 e. The summed E-state index contributed by atoms with van der Waals surface area (Å²) in [7, 11) is 0. The van der Waals surface area contributed by atoms with Crippen molar-refractivity contribution in [3.05, 3.63) is 59.7 Å². The van der Waals surface area contributed by atoms with Crippen LogP contribution in [0.3, 0.4) is 0 Å². The molecule has 0 bridgehead atoms. The zero-order valence-electron chi connectivity index (χ0n) is 12.3. The number of hydrogen-bond acceptors (Lipinski definition) is 2. The first-order valence-electron chi connectivity index (χ1n) is 7.02. The fourth-order valence-corrected chi connectivity index (χ4v) is 3.88. The molecule has 0 heterocycles. The van der Waals surface area contributed by atoms with Gasteiger partial charge in [0.05, 0.1) is 0 Å². The molecule has 0 amide bonds. The number of benzene rings is 2. The SMILES string of the molecule is CC(C)CC(C)(c1ccccc1S)c1ccccc1S. The lowest BCUT2D eigenvalue weighted by Crippen LogP contribution is -2.27. The first-order valence-corrected chi connectivity index (χ1v) is 7.91. The minimum atomic E-state index is -0.0646. The van der Waals surface area contributed by atoms with Crippen molar-refractivity contribution in [1.82, 2.24) is 0 Å². The second-order valence-corrected chi connectivity index (χ2v) is 6.93. The Hall–Kier alpha value is -0.860. The Bertz CT molecular complexity index is 542. The summed E-state index contributed by atoms with van der Waals surface area (Å²) in [6.07, 6.45) is 1.07. The molecular weight excluding hydrogens is 280 g/mol. The van der Waals surface area contributed by atoms with Crippen molar-refractivity contribution in [3.8, 4) is 0 Å². The van der Waals surface area contributed by atoms with Crippen LogP contribution in [0.25, 0.3) is 0 Å². The van der Waals surface area contributed by atoms with Crippen molar-refractivity contribution < 1.29 is 0 Å². The van der Waals surface area contributed by atoms with Gasteiger partial charge in [-0.15, -0.1) is 25.3 Å². The van der Waals surface area contributed by atoms with E-state index >= 15 is 0 Å². The molecule has 0 N–H and O–H groups in total. The third-order valence-corrected chi connectivity index (χ3v) is 4.59. The van der Waals surface area contributed by atoms with Crippen LogP contribution in [0.5, 0.6) is 0 Å². The standard InChI is InChI=1S/C18H22S2/c1-13(2)12-18(3,14-8-4-6-10-16(14)19)15-9-5-7-11-17(15)20/h4-11,13,19-20H,12H2,1-3H3. The fraction of sp³-hybridized carbons (Fsp3) is 0.333. The number of hydrogen-bond donors (Lipinski definition) is 2. The summed E-state index contributed by atoms with van der Waals surface area (Å²) < 4.78 is 0. The van der Waals surface area contributed by atoms with E-state index in [-0.39, 0.29) is 5.41 Å². The molecule has 0 aliphatic heterocycles. The van der Waals surface area contributed by atoms with Gasteiger partial charge in [-0.05, 0) is 35.6 Å². The second kappa shape index (κ2) is 6.28. The third kappa shape index (κ3) is 3.07. The molecule has 0 aliphatic carbocycles. The Morgan fingerprint density at radius 3 is 1.60 bits per heavy atom. The number of rotatable bonds is 4. The number of thiol groups is 2. The molecule has 0 unspecified atom stereocenters. The molecule has 2 aromatic rings. The molecule has 20 heavy (non-hydrogen) atoms. The van der Waals surface area contributed by atoms with Gasteiger partial charge in [-0.3, -0.25) is 0 Å². The van der Waals surface area contributed by atoms with Crippen LogP contribution in [0.4, 0.5) is 0 Å². The van der Waals surface area contributed by atoms with Gasteiger partial charge in [0.2, 0.25) is 0 Å². The highest BCUT2D eigenvalue weighted by molar-refractivity contribution is 7.80. The topological polar surface area (TPSA) is 0 Å². The van der Waals surface area contributed by atoms with Gasteiger partial charge in [0, 0.05) is 15.2 Å². The summed E-state index contributed by atoms with van der Waals surface area (Å²) in [5.41, 5.74) is 2.49. The molecule has 2 rings (SSSR count). The van der Waals surface area contributed by atoms with Crippen LogP contribution in [0, 0.1) is 5.92 Å². The highest BCUT2D eigenvalue weighted by Gasteiger charge is 2.32. The Morgan fingerprint density at radius 2 is 1.25 bits per heavy atom. The summed E-state index contributed by atoms with van der Waals surface area (Å²) in [5, 5.41) is 0. The van der Waals surface area contributed by atoms with E-state index < -0.39 is 0 Å². The summed E-state index contributed by atoms with van der Waals surface area (Å²) >= 11 is 9.35. The second-order valence-electron chi connectivity index (χ2n) is 5.96. The quantitative estimate of drug-likeness (QED) is 0.673. The fourth-order valence-electron chi connectivity index (χ4n) is 3.06. The van der Waals surface area contributed by atoms with E-state index in [1.165, 1.54) is 11.1 Å². The van der Waals surface area contributed by atoms with Gasteiger partial charge < -0.3 is 0 Å². The van der Waals surface area contributed by atoms with E-state index in [2.05, 4.69) is 82.4 Å². The van der Waals surface area contributed by atoms with Crippen molar-refractivity contribution in [2.75, 3.05) is 0 Å². The Balaban J connectivity index is 2.63. The van der Waals surface area contributed by atoms with Crippen molar-refractivity contribution in [3.63, 3.8) is 0 Å². The van der Waals surface area contributed by atoms with Crippen LogP contribution in [0.15, 0.2) is 58.3 Å². The zero-order chi connectivity index (χ0) is 14.8. The van der Waals surface area contributed by atoms with E-state index in [1.54, 1.807) is 0 Å². The lowest BCUT2D eigenvalue weighted by Gasteiger charge is -2.34. The maximum absolute atomic E-state index is 4.67.